The van der Waals surface area contributed by atoms with Crippen LogP contribution >= 0.6 is 0 Å². The van der Waals surface area contributed by atoms with Crippen molar-refractivity contribution in [2.45, 2.75) is 26.8 Å². The standard InChI is InChI=1S/C28H29N7O/c1-19-4-3-5-24(14-19)35-12-10-34(11-13-35)18-21-8-9-29-23(15-21)17-27-31-25-7-6-22(16-26(25)32-27)28-30-20(2)33-36-28/h3-9,14-16H,10-13,17-18H2,1-2H3,(H,31,32). The summed E-state index contributed by atoms with van der Waals surface area (Å²) in [5.74, 6) is 2.02. The van der Waals surface area contributed by atoms with Crippen molar-refractivity contribution < 1.29 is 4.52 Å². The molecule has 8 nitrogen and oxygen atoms in total. The number of benzene rings is 2. The number of fused-ring (bicyclic) bond motifs is 1. The van der Waals surface area contributed by atoms with E-state index < -0.39 is 0 Å². The highest BCUT2D eigenvalue weighted by Gasteiger charge is 2.18. The van der Waals surface area contributed by atoms with Crippen molar-refractivity contribution in [1.82, 2.24) is 30.0 Å². The van der Waals surface area contributed by atoms with Gasteiger partial charge in [0.05, 0.1) is 11.0 Å². The van der Waals surface area contributed by atoms with Crippen molar-refractivity contribution in [3.8, 4) is 11.5 Å². The van der Waals surface area contributed by atoms with Crippen molar-refractivity contribution in [2.24, 2.45) is 0 Å². The maximum Gasteiger partial charge on any atom is 0.257 e. The van der Waals surface area contributed by atoms with E-state index in [2.05, 4.69) is 73.2 Å². The van der Waals surface area contributed by atoms with Gasteiger partial charge in [0.2, 0.25) is 0 Å². The highest BCUT2D eigenvalue weighted by molar-refractivity contribution is 5.80. The average molecular weight is 480 g/mol. The lowest BCUT2D eigenvalue weighted by atomic mass is 10.1. The molecule has 6 rings (SSSR count). The van der Waals surface area contributed by atoms with Gasteiger partial charge in [-0.25, -0.2) is 4.98 Å². The number of nitrogens with zero attached hydrogens (tertiary/aromatic N) is 6. The largest absolute Gasteiger partial charge is 0.369 e. The van der Waals surface area contributed by atoms with Crippen molar-refractivity contribution in [3.63, 3.8) is 0 Å². The Morgan fingerprint density at radius 1 is 0.944 bits per heavy atom. The number of hydrogen-bond donors (Lipinski definition) is 1. The zero-order valence-corrected chi connectivity index (χ0v) is 20.6. The van der Waals surface area contributed by atoms with Gasteiger partial charge in [0.25, 0.3) is 5.89 Å². The molecular weight excluding hydrogens is 450 g/mol. The van der Waals surface area contributed by atoms with Crippen LogP contribution in [0.5, 0.6) is 0 Å². The Balaban J connectivity index is 1.10. The van der Waals surface area contributed by atoms with Gasteiger partial charge in [0.15, 0.2) is 5.82 Å². The Bertz CT molecular complexity index is 1500. The summed E-state index contributed by atoms with van der Waals surface area (Å²) in [6.07, 6.45) is 2.56. The molecule has 2 aromatic carbocycles. The van der Waals surface area contributed by atoms with Crippen molar-refractivity contribution in [3.05, 3.63) is 89.3 Å². The molecule has 0 radical (unpaired) electrons. The summed E-state index contributed by atoms with van der Waals surface area (Å²) >= 11 is 0. The van der Waals surface area contributed by atoms with Gasteiger partial charge in [-0.15, -0.1) is 0 Å². The van der Waals surface area contributed by atoms with E-state index in [1.165, 1.54) is 16.8 Å². The highest BCUT2D eigenvalue weighted by atomic mass is 16.5. The quantitative estimate of drug-likeness (QED) is 0.383. The van der Waals surface area contributed by atoms with Crippen LogP contribution in [0.4, 0.5) is 5.69 Å². The second-order valence-electron chi connectivity index (χ2n) is 9.50. The Labute approximate surface area is 210 Å². The molecule has 1 N–H and O–H groups in total. The molecule has 1 aliphatic heterocycles. The molecule has 1 saturated heterocycles. The predicted molar refractivity (Wildman–Crippen MR) is 140 cm³/mol. The van der Waals surface area contributed by atoms with Crippen LogP contribution in [0.2, 0.25) is 0 Å². The molecule has 0 unspecified atom stereocenters. The van der Waals surface area contributed by atoms with Gasteiger partial charge < -0.3 is 14.4 Å². The molecule has 0 saturated carbocycles. The summed E-state index contributed by atoms with van der Waals surface area (Å²) in [6.45, 7) is 9.10. The lowest BCUT2D eigenvalue weighted by molar-refractivity contribution is 0.249. The van der Waals surface area contributed by atoms with Crippen molar-refractivity contribution in [1.29, 1.82) is 0 Å². The van der Waals surface area contributed by atoms with Crippen LogP contribution in [0.15, 0.2) is 65.3 Å². The van der Waals surface area contributed by atoms with Gasteiger partial charge in [-0.2, -0.15) is 4.98 Å². The summed E-state index contributed by atoms with van der Waals surface area (Å²) in [5.41, 5.74) is 7.67. The highest BCUT2D eigenvalue weighted by Crippen LogP contribution is 2.23. The number of aromatic amines is 1. The first-order chi connectivity index (χ1) is 17.6. The topological polar surface area (TPSA) is 87.0 Å². The van der Waals surface area contributed by atoms with E-state index in [-0.39, 0.29) is 0 Å². The minimum atomic E-state index is 0.514. The zero-order valence-electron chi connectivity index (χ0n) is 20.6. The molecule has 0 spiro atoms. The molecule has 36 heavy (non-hydrogen) atoms. The Kier molecular flexibility index (Phi) is 5.95. The average Bonchev–Trinajstić information content (AvgIpc) is 3.49. The van der Waals surface area contributed by atoms with Crippen molar-refractivity contribution in [2.75, 3.05) is 31.1 Å². The number of rotatable bonds is 6. The van der Waals surface area contributed by atoms with Gasteiger partial charge in [-0.05, 0) is 67.4 Å². The second-order valence-corrected chi connectivity index (χ2v) is 9.50. The summed E-state index contributed by atoms with van der Waals surface area (Å²) in [7, 11) is 0. The second kappa shape index (κ2) is 9.54. The number of pyridine rings is 1. The molecule has 1 fully saturated rings. The molecule has 0 amide bonds. The van der Waals surface area contributed by atoms with Crippen LogP contribution in [-0.2, 0) is 13.0 Å². The smallest absolute Gasteiger partial charge is 0.257 e. The number of nitrogens with one attached hydrogen (secondary N) is 1. The fraction of sp³-hybridized carbons (Fsp3) is 0.286. The maximum absolute atomic E-state index is 5.30. The summed E-state index contributed by atoms with van der Waals surface area (Å²) in [6, 6.07) is 19.0. The van der Waals surface area contributed by atoms with E-state index in [0.29, 0.717) is 18.1 Å². The first kappa shape index (κ1) is 22.4. The van der Waals surface area contributed by atoms with Gasteiger partial charge in [-0.1, -0.05) is 17.3 Å². The van der Waals surface area contributed by atoms with Gasteiger partial charge in [-0.3, -0.25) is 9.88 Å². The van der Waals surface area contributed by atoms with Gasteiger partial charge in [0.1, 0.15) is 5.82 Å². The molecule has 1 aliphatic rings. The Morgan fingerprint density at radius 3 is 2.64 bits per heavy atom. The van der Waals surface area contributed by atoms with Crippen LogP contribution in [0, 0.1) is 13.8 Å². The number of imidazole rings is 1. The number of anilines is 1. The molecule has 3 aromatic heterocycles. The number of aryl methyl sites for hydroxylation is 2. The van der Waals surface area contributed by atoms with E-state index in [0.717, 1.165) is 60.8 Å². The first-order valence-electron chi connectivity index (χ1n) is 12.4. The third-order valence-electron chi connectivity index (χ3n) is 6.68. The van der Waals surface area contributed by atoms with Gasteiger partial charge >= 0.3 is 0 Å². The van der Waals surface area contributed by atoms with Crippen LogP contribution in [0.1, 0.15) is 28.5 Å². The number of H-pyrrole nitrogens is 1. The minimum absolute atomic E-state index is 0.514. The summed E-state index contributed by atoms with van der Waals surface area (Å²) in [4.78, 5) is 22.1. The zero-order chi connectivity index (χ0) is 24.5. The van der Waals surface area contributed by atoms with Crippen molar-refractivity contribution >= 4 is 16.7 Å². The molecule has 0 aliphatic carbocycles. The molecule has 182 valence electrons. The predicted octanol–water partition coefficient (Wildman–Crippen LogP) is 4.54. The third kappa shape index (κ3) is 4.85. The van der Waals surface area contributed by atoms with E-state index >= 15 is 0 Å². The number of aromatic nitrogens is 5. The minimum Gasteiger partial charge on any atom is -0.369 e. The normalized spacial score (nSPS) is 14.6. The van der Waals surface area contributed by atoms with E-state index in [9.17, 15) is 0 Å². The SMILES string of the molecule is Cc1cccc(N2CCN(Cc3ccnc(Cc4nc5ccc(-c6nc(C)no6)cc5[nH]4)c3)CC2)c1. The maximum atomic E-state index is 5.30. The van der Waals surface area contributed by atoms with Gasteiger partial charge in [0, 0.05) is 62.3 Å². The third-order valence-corrected chi connectivity index (χ3v) is 6.68. The fourth-order valence-electron chi connectivity index (χ4n) is 4.84. The molecule has 0 atom stereocenters. The molecule has 0 bridgehead atoms. The fourth-order valence-corrected chi connectivity index (χ4v) is 4.84. The number of hydrogen-bond acceptors (Lipinski definition) is 7. The van der Waals surface area contributed by atoms with E-state index in [1.54, 1.807) is 0 Å². The molecule has 5 aromatic rings. The monoisotopic (exact) mass is 479 g/mol. The van der Waals surface area contributed by atoms with Crippen LogP contribution in [0.25, 0.3) is 22.5 Å². The Hall–Kier alpha value is -4.04. The molecule has 4 heterocycles. The molecule has 8 heteroatoms. The summed E-state index contributed by atoms with van der Waals surface area (Å²) < 4.78 is 5.30. The lowest BCUT2D eigenvalue weighted by Crippen LogP contribution is -2.46. The molecular formula is C28H29N7O. The van der Waals surface area contributed by atoms with Crippen LogP contribution < -0.4 is 4.90 Å². The lowest BCUT2D eigenvalue weighted by Gasteiger charge is -2.36. The van der Waals surface area contributed by atoms with E-state index in [1.807, 2.05) is 31.3 Å². The first-order valence-corrected chi connectivity index (χ1v) is 12.4. The summed E-state index contributed by atoms with van der Waals surface area (Å²) in [5, 5.41) is 3.88. The van der Waals surface area contributed by atoms with E-state index in [4.69, 9.17) is 9.51 Å². The Morgan fingerprint density at radius 2 is 1.83 bits per heavy atom. The number of piperazine rings is 1. The van der Waals surface area contributed by atoms with Crippen LogP contribution in [-0.4, -0.2) is 56.2 Å². The van der Waals surface area contributed by atoms with Crippen LogP contribution in [0.3, 0.4) is 0 Å².